The Bertz CT molecular complexity index is 466. The van der Waals surface area contributed by atoms with Gasteiger partial charge in [-0.1, -0.05) is 19.1 Å². The van der Waals surface area contributed by atoms with Crippen molar-refractivity contribution in [1.82, 2.24) is 5.32 Å². The van der Waals surface area contributed by atoms with Crippen molar-refractivity contribution in [2.24, 2.45) is 11.8 Å². The zero-order chi connectivity index (χ0) is 14.8. The number of hydrogen-bond acceptors (Lipinski definition) is 2. The van der Waals surface area contributed by atoms with E-state index in [9.17, 15) is 4.39 Å². The largest absolute Gasteiger partial charge is 0.368 e. The molecule has 0 aliphatic heterocycles. The van der Waals surface area contributed by atoms with Crippen LogP contribution in [0.15, 0.2) is 18.2 Å². The average molecular weight is 290 g/mol. The fraction of sp³-hybridized carbons (Fsp3) is 0.667. The third-order valence-electron chi connectivity index (χ3n) is 4.66. The van der Waals surface area contributed by atoms with Crippen molar-refractivity contribution >= 4 is 5.69 Å². The highest BCUT2D eigenvalue weighted by molar-refractivity contribution is 5.56. The summed E-state index contributed by atoms with van der Waals surface area (Å²) in [4.78, 5) is 2.34. The van der Waals surface area contributed by atoms with Crippen LogP contribution in [0.3, 0.4) is 0 Å². The Labute approximate surface area is 127 Å². The molecule has 0 saturated heterocycles. The second-order valence-corrected chi connectivity index (χ2v) is 6.75. The number of nitrogens with zero attached hydrogens (tertiary/aromatic N) is 1. The lowest BCUT2D eigenvalue weighted by molar-refractivity contribution is 0.568. The molecule has 1 aromatic carbocycles. The van der Waals surface area contributed by atoms with Gasteiger partial charge in [0.25, 0.3) is 0 Å². The Balaban J connectivity index is 1.87. The SMILES string of the molecule is CCNC(C)c1cccc(F)c1N(CC1CC1)CC1CC1. The van der Waals surface area contributed by atoms with E-state index in [-0.39, 0.29) is 11.9 Å². The minimum atomic E-state index is -0.0569. The highest BCUT2D eigenvalue weighted by atomic mass is 19.1. The minimum Gasteiger partial charge on any atom is -0.368 e. The third kappa shape index (κ3) is 3.76. The molecule has 3 heteroatoms. The van der Waals surface area contributed by atoms with Crippen LogP contribution < -0.4 is 10.2 Å². The quantitative estimate of drug-likeness (QED) is 0.774. The molecule has 3 rings (SSSR count). The van der Waals surface area contributed by atoms with Crippen LogP contribution in [0.1, 0.15) is 51.1 Å². The van der Waals surface area contributed by atoms with E-state index in [2.05, 4.69) is 30.1 Å². The molecule has 0 bridgehead atoms. The summed E-state index contributed by atoms with van der Waals surface area (Å²) in [5.41, 5.74) is 1.96. The van der Waals surface area contributed by atoms with Gasteiger partial charge in [-0.25, -0.2) is 4.39 Å². The number of nitrogens with one attached hydrogen (secondary N) is 1. The Hall–Kier alpha value is -1.09. The number of hydrogen-bond donors (Lipinski definition) is 1. The van der Waals surface area contributed by atoms with Crippen LogP contribution in [0.4, 0.5) is 10.1 Å². The van der Waals surface area contributed by atoms with Crippen molar-refractivity contribution in [3.8, 4) is 0 Å². The van der Waals surface area contributed by atoms with Crippen molar-refractivity contribution in [3.05, 3.63) is 29.6 Å². The molecular formula is C18H27FN2. The summed E-state index contributed by atoms with van der Waals surface area (Å²) in [5.74, 6) is 1.51. The number of para-hydroxylation sites is 1. The summed E-state index contributed by atoms with van der Waals surface area (Å²) in [7, 11) is 0. The van der Waals surface area contributed by atoms with Gasteiger partial charge < -0.3 is 10.2 Å². The Morgan fingerprint density at radius 1 is 1.19 bits per heavy atom. The van der Waals surface area contributed by atoms with Crippen molar-refractivity contribution in [1.29, 1.82) is 0 Å². The van der Waals surface area contributed by atoms with Gasteiger partial charge in [-0.3, -0.25) is 0 Å². The normalized spacial score (nSPS) is 19.6. The maximum absolute atomic E-state index is 14.6. The topological polar surface area (TPSA) is 15.3 Å². The molecule has 1 N–H and O–H groups in total. The molecule has 1 aromatic rings. The van der Waals surface area contributed by atoms with Crippen molar-refractivity contribution < 1.29 is 4.39 Å². The number of anilines is 1. The summed E-state index contributed by atoms with van der Waals surface area (Å²) in [5, 5.41) is 3.43. The molecule has 2 saturated carbocycles. The summed E-state index contributed by atoms with van der Waals surface area (Å²) in [6.45, 7) is 7.20. The molecule has 0 amide bonds. The second-order valence-electron chi connectivity index (χ2n) is 6.75. The lowest BCUT2D eigenvalue weighted by atomic mass is 10.0. The lowest BCUT2D eigenvalue weighted by Crippen LogP contribution is -2.31. The van der Waals surface area contributed by atoms with E-state index < -0.39 is 0 Å². The van der Waals surface area contributed by atoms with Crippen LogP contribution in [0.5, 0.6) is 0 Å². The monoisotopic (exact) mass is 290 g/mol. The molecule has 21 heavy (non-hydrogen) atoms. The third-order valence-corrected chi connectivity index (χ3v) is 4.66. The highest BCUT2D eigenvalue weighted by Crippen LogP contribution is 2.38. The molecular weight excluding hydrogens is 263 g/mol. The van der Waals surface area contributed by atoms with E-state index in [1.54, 1.807) is 6.07 Å². The molecule has 0 heterocycles. The highest BCUT2D eigenvalue weighted by Gasteiger charge is 2.31. The first-order valence-electron chi connectivity index (χ1n) is 8.45. The van der Waals surface area contributed by atoms with Crippen LogP contribution in [0.2, 0.25) is 0 Å². The Kier molecular flexibility index (Phi) is 4.48. The van der Waals surface area contributed by atoms with Crippen LogP contribution in [0.25, 0.3) is 0 Å². The molecule has 1 atom stereocenters. The van der Waals surface area contributed by atoms with Gasteiger partial charge in [-0.2, -0.15) is 0 Å². The molecule has 0 spiro atoms. The van der Waals surface area contributed by atoms with Gasteiger partial charge in [-0.05, 0) is 62.6 Å². The molecule has 2 aliphatic rings. The maximum Gasteiger partial charge on any atom is 0.146 e. The Morgan fingerprint density at radius 3 is 2.33 bits per heavy atom. The predicted molar refractivity (Wildman–Crippen MR) is 86.2 cm³/mol. The number of rotatable bonds is 8. The predicted octanol–water partition coefficient (Wildman–Crippen LogP) is 4.12. The Morgan fingerprint density at radius 2 is 1.81 bits per heavy atom. The summed E-state index contributed by atoms with van der Waals surface area (Å²) < 4.78 is 14.6. The second kappa shape index (κ2) is 6.35. The van der Waals surface area contributed by atoms with E-state index in [1.165, 1.54) is 25.7 Å². The van der Waals surface area contributed by atoms with Crippen LogP contribution in [-0.4, -0.2) is 19.6 Å². The van der Waals surface area contributed by atoms with E-state index in [0.29, 0.717) is 0 Å². The van der Waals surface area contributed by atoms with Gasteiger partial charge in [0.15, 0.2) is 0 Å². The zero-order valence-electron chi connectivity index (χ0n) is 13.2. The maximum atomic E-state index is 14.6. The van der Waals surface area contributed by atoms with Crippen molar-refractivity contribution in [3.63, 3.8) is 0 Å². The molecule has 1 unspecified atom stereocenters. The molecule has 2 nitrogen and oxygen atoms in total. The van der Waals surface area contributed by atoms with Crippen LogP contribution in [-0.2, 0) is 0 Å². The van der Waals surface area contributed by atoms with Gasteiger partial charge in [0.05, 0.1) is 5.69 Å². The molecule has 0 aromatic heterocycles. The average Bonchev–Trinajstić information content (AvgIpc) is 3.34. The van der Waals surface area contributed by atoms with Gasteiger partial charge in [-0.15, -0.1) is 0 Å². The van der Waals surface area contributed by atoms with Crippen molar-refractivity contribution in [2.45, 2.75) is 45.6 Å². The first-order chi connectivity index (χ1) is 10.2. The summed E-state index contributed by atoms with van der Waals surface area (Å²) in [6.07, 6.45) is 5.25. The van der Waals surface area contributed by atoms with Gasteiger partial charge in [0.2, 0.25) is 0 Å². The standard InChI is InChI=1S/C18H27FN2/c1-3-20-13(2)16-5-4-6-17(19)18(16)21(11-14-7-8-14)12-15-9-10-15/h4-6,13-15,20H,3,7-12H2,1-2H3. The minimum absolute atomic E-state index is 0.0569. The van der Waals surface area contributed by atoms with E-state index in [1.807, 2.05) is 6.07 Å². The van der Waals surface area contributed by atoms with Gasteiger partial charge in [0, 0.05) is 19.1 Å². The molecule has 2 fully saturated rings. The first kappa shape index (κ1) is 14.8. The van der Waals surface area contributed by atoms with E-state index >= 15 is 0 Å². The first-order valence-corrected chi connectivity index (χ1v) is 8.45. The van der Waals surface area contributed by atoms with E-state index in [0.717, 1.165) is 42.7 Å². The zero-order valence-corrected chi connectivity index (χ0v) is 13.2. The van der Waals surface area contributed by atoms with E-state index in [4.69, 9.17) is 0 Å². The number of halogens is 1. The van der Waals surface area contributed by atoms with Crippen LogP contribution in [0, 0.1) is 17.7 Å². The molecule has 0 radical (unpaired) electrons. The summed E-state index contributed by atoms with van der Waals surface area (Å²) in [6, 6.07) is 5.73. The fourth-order valence-corrected chi connectivity index (χ4v) is 3.11. The smallest absolute Gasteiger partial charge is 0.146 e. The lowest BCUT2D eigenvalue weighted by Gasteiger charge is -2.29. The van der Waals surface area contributed by atoms with Gasteiger partial charge in [0.1, 0.15) is 5.82 Å². The fourth-order valence-electron chi connectivity index (χ4n) is 3.11. The van der Waals surface area contributed by atoms with Gasteiger partial charge >= 0.3 is 0 Å². The van der Waals surface area contributed by atoms with Crippen molar-refractivity contribution in [2.75, 3.05) is 24.5 Å². The molecule has 2 aliphatic carbocycles. The number of benzene rings is 1. The summed E-state index contributed by atoms with van der Waals surface area (Å²) >= 11 is 0. The van der Waals surface area contributed by atoms with Crippen LogP contribution >= 0.6 is 0 Å². The molecule has 116 valence electrons.